The van der Waals surface area contributed by atoms with Crippen molar-refractivity contribution in [2.75, 3.05) is 12.4 Å². The highest BCUT2D eigenvalue weighted by atomic mass is 32.1. The quantitative estimate of drug-likeness (QED) is 0.532. The molecule has 0 aliphatic carbocycles. The first-order valence-electron chi connectivity index (χ1n) is 9.92. The van der Waals surface area contributed by atoms with Crippen LogP contribution in [0, 0.1) is 20.8 Å². The van der Waals surface area contributed by atoms with Crippen LogP contribution < -0.4 is 5.32 Å². The maximum atomic E-state index is 12.3. The third-order valence-electron chi connectivity index (χ3n) is 5.04. The first kappa shape index (κ1) is 21.8. The van der Waals surface area contributed by atoms with Gasteiger partial charge in [0.25, 0.3) is 0 Å². The minimum Gasteiger partial charge on any atom is -0.469 e. The van der Waals surface area contributed by atoms with Crippen LogP contribution in [0.25, 0.3) is 11.3 Å². The van der Waals surface area contributed by atoms with Gasteiger partial charge >= 0.3 is 5.97 Å². The molecule has 1 aromatic carbocycles. The Labute approximate surface area is 180 Å². The van der Waals surface area contributed by atoms with E-state index in [-0.39, 0.29) is 18.3 Å². The van der Waals surface area contributed by atoms with Crippen molar-refractivity contribution in [2.24, 2.45) is 0 Å². The molecule has 3 aromatic rings. The number of nitrogens with one attached hydrogen (secondary N) is 1. The van der Waals surface area contributed by atoms with Crippen molar-refractivity contribution in [1.82, 2.24) is 9.55 Å². The van der Waals surface area contributed by atoms with Crippen LogP contribution in [0.15, 0.2) is 35.7 Å². The number of hydrogen-bond acceptors (Lipinski definition) is 5. The van der Waals surface area contributed by atoms with Crippen LogP contribution in [0.4, 0.5) is 5.69 Å². The molecule has 0 saturated heterocycles. The maximum absolute atomic E-state index is 12.3. The summed E-state index contributed by atoms with van der Waals surface area (Å²) in [4.78, 5) is 28.4. The molecule has 2 aromatic heterocycles. The highest BCUT2D eigenvalue weighted by Crippen LogP contribution is 2.28. The van der Waals surface area contributed by atoms with E-state index in [1.165, 1.54) is 18.4 Å². The number of carbonyl (C=O) groups is 2. The molecule has 158 valence electrons. The zero-order chi connectivity index (χ0) is 21.7. The zero-order valence-corrected chi connectivity index (χ0v) is 18.6. The molecular weight excluding hydrogens is 398 g/mol. The Morgan fingerprint density at radius 3 is 2.60 bits per heavy atom. The monoisotopic (exact) mass is 425 g/mol. The summed E-state index contributed by atoms with van der Waals surface area (Å²) in [6.45, 7) is 6.88. The number of thiazole rings is 1. The predicted octanol–water partition coefficient (Wildman–Crippen LogP) is 4.67. The van der Waals surface area contributed by atoms with Crippen molar-refractivity contribution in [2.45, 2.75) is 46.6 Å². The van der Waals surface area contributed by atoms with Crippen LogP contribution in [-0.2, 0) is 27.3 Å². The third-order valence-corrected chi connectivity index (χ3v) is 5.89. The summed E-state index contributed by atoms with van der Waals surface area (Å²) < 4.78 is 6.91. The molecular formula is C23H27N3O3S. The molecule has 0 aliphatic rings. The second kappa shape index (κ2) is 9.71. The number of rotatable bonds is 8. The predicted molar refractivity (Wildman–Crippen MR) is 120 cm³/mol. The molecule has 0 fully saturated rings. The summed E-state index contributed by atoms with van der Waals surface area (Å²) in [6, 6.07) is 9.85. The second-order valence-corrected chi connectivity index (χ2v) is 8.28. The maximum Gasteiger partial charge on any atom is 0.305 e. The van der Waals surface area contributed by atoms with Crippen molar-refractivity contribution in [3.8, 4) is 11.3 Å². The summed E-state index contributed by atoms with van der Waals surface area (Å²) in [5, 5.41) is 5.69. The number of methoxy groups -OCH3 is 1. The number of carbonyl (C=O) groups excluding carboxylic acids is 2. The van der Waals surface area contributed by atoms with Crippen LogP contribution in [0.2, 0.25) is 0 Å². The average molecular weight is 426 g/mol. The van der Waals surface area contributed by atoms with E-state index < -0.39 is 0 Å². The summed E-state index contributed by atoms with van der Waals surface area (Å²) >= 11 is 1.49. The van der Waals surface area contributed by atoms with Gasteiger partial charge < -0.3 is 14.6 Å². The smallest absolute Gasteiger partial charge is 0.305 e. The Balaban J connectivity index is 1.65. The lowest BCUT2D eigenvalue weighted by molar-refractivity contribution is -0.140. The molecule has 0 radical (unpaired) electrons. The van der Waals surface area contributed by atoms with Gasteiger partial charge in [0.15, 0.2) is 0 Å². The largest absolute Gasteiger partial charge is 0.469 e. The molecule has 2 heterocycles. The van der Waals surface area contributed by atoms with Crippen LogP contribution in [0.1, 0.15) is 34.8 Å². The lowest BCUT2D eigenvalue weighted by Gasteiger charge is -2.09. The average Bonchev–Trinajstić information content (AvgIpc) is 3.28. The van der Waals surface area contributed by atoms with Gasteiger partial charge in [0.1, 0.15) is 5.01 Å². The number of hydrogen-bond donors (Lipinski definition) is 1. The van der Waals surface area contributed by atoms with E-state index in [1.807, 2.05) is 36.6 Å². The fraction of sp³-hybridized carbons (Fsp3) is 0.348. The molecule has 0 bridgehead atoms. The summed E-state index contributed by atoms with van der Waals surface area (Å²) in [7, 11) is 1.41. The molecule has 0 saturated carbocycles. The first-order valence-corrected chi connectivity index (χ1v) is 10.8. The number of benzene rings is 1. The molecule has 0 unspecified atom stereocenters. The van der Waals surface area contributed by atoms with Gasteiger partial charge in [0, 0.05) is 41.0 Å². The summed E-state index contributed by atoms with van der Waals surface area (Å²) in [6.07, 6.45) is 1.38. The van der Waals surface area contributed by atoms with E-state index in [9.17, 15) is 9.59 Å². The molecule has 3 rings (SSSR count). The van der Waals surface area contributed by atoms with Crippen molar-refractivity contribution in [1.29, 1.82) is 0 Å². The van der Waals surface area contributed by atoms with Gasteiger partial charge in [-0.15, -0.1) is 11.3 Å². The molecule has 0 atom stereocenters. The van der Waals surface area contributed by atoms with Crippen molar-refractivity contribution >= 4 is 28.9 Å². The lowest BCUT2D eigenvalue weighted by atomic mass is 10.2. The summed E-state index contributed by atoms with van der Waals surface area (Å²) in [5.41, 5.74) is 6.12. The van der Waals surface area contributed by atoms with E-state index in [2.05, 4.69) is 34.8 Å². The molecule has 30 heavy (non-hydrogen) atoms. The number of anilines is 1. The number of aromatic nitrogens is 2. The Kier molecular flexibility index (Phi) is 7.05. The van der Waals surface area contributed by atoms with Gasteiger partial charge in [-0.2, -0.15) is 0 Å². The lowest BCUT2D eigenvalue weighted by Crippen LogP contribution is -2.14. The van der Waals surface area contributed by atoms with Crippen LogP contribution >= 0.6 is 11.3 Å². The topological polar surface area (TPSA) is 73.2 Å². The highest BCUT2D eigenvalue weighted by molar-refractivity contribution is 7.10. The Morgan fingerprint density at radius 1 is 1.17 bits per heavy atom. The van der Waals surface area contributed by atoms with Crippen molar-refractivity contribution in [3.05, 3.63) is 57.7 Å². The molecule has 1 amide bonds. The fourth-order valence-electron chi connectivity index (χ4n) is 3.38. The van der Waals surface area contributed by atoms with Gasteiger partial charge in [-0.3, -0.25) is 9.59 Å². The van der Waals surface area contributed by atoms with Gasteiger partial charge in [-0.25, -0.2) is 4.98 Å². The van der Waals surface area contributed by atoms with Crippen LogP contribution in [-0.4, -0.2) is 28.5 Å². The Bertz CT molecular complexity index is 1030. The zero-order valence-electron chi connectivity index (χ0n) is 17.8. The second-order valence-electron chi connectivity index (χ2n) is 7.33. The standard InChI is InChI=1S/C23H27N3O3S/c1-15-7-9-18(10-8-15)24-21(27)13-22-25-20(14-30-22)19-12-16(2)26(17(19)3)11-5-6-23(28)29-4/h7-10,12,14H,5-6,11,13H2,1-4H3,(H,24,27). The minimum absolute atomic E-state index is 0.0759. The Morgan fingerprint density at radius 2 is 1.90 bits per heavy atom. The number of aryl methyl sites for hydroxylation is 2. The minimum atomic E-state index is -0.189. The highest BCUT2D eigenvalue weighted by Gasteiger charge is 2.15. The van der Waals surface area contributed by atoms with Gasteiger partial charge in [0.05, 0.1) is 19.2 Å². The van der Waals surface area contributed by atoms with Gasteiger partial charge in [-0.1, -0.05) is 17.7 Å². The molecule has 7 heteroatoms. The van der Waals surface area contributed by atoms with E-state index in [4.69, 9.17) is 4.74 Å². The van der Waals surface area contributed by atoms with Crippen molar-refractivity contribution < 1.29 is 14.3 Å². The summed E-state index contributed by atoms with van der Waals surface area (Å²) in [5.74, 6) is -0.265. The van der Waals surface area contributed by atoms with E-state index in [0.29, 0.717) is 6.42 Å². The number of esters is 1. The van der Waals surface area contributed by atoms with Gasteiger partial charge in [-0.05, 0) is 45.4 Å². The van der Waals surface area contributed by atoms with Crippen LogP contribution in [0.5, 0.6) is 0 Å². The molecule has 0 aliphatic heterocycles. The molecule has 1 N–H and O–H groups in total. The number of amides is 1. The first-order chi connectivity index (χ1) is 14.4. The number of ether oxygens (including phenoxy) is 1. The SMILES string of the molecule is COC(=O)CCCn1c(C)cc(-c2csc(CC(=O)Nc3ccc(C)cc3)n2)c1C. The van der Waals surface area contributed by atoms with E-state index in [0.717, 1.165) is 51.9 Å². The molecule has 6 nitrogen and oxygen atoms in total. The van der Waals surface area contributed by atoms with Crippen LogP contribution in [0.3, 0.4) is 0 Å². The molecule has 0 spiro atoms. The third kappa shape index (κ3) is 5.36. The fourth-order valence-corrected chi connectivity index (χ4v) is 4.18. The number of nitrogens with zero attached hydrogens (tertiary/aromatic N) is 2. The Hall–Kier alpha value is -2.93. The van der Waals surface area contributed by atoms with E-state index in [1.54, 1.807) is 0 Å². The van der Waals surface area contributed by atoms with E-state index >= 15 is 0 Å². The normalized spacial score (nSPS) is 10.8. The van der Waals surface area contributed by atoms with Gasteiger partial charge in [0.2, 0.25) is 5.91 Å². The van der Waals surface area contributed by atoms with Crippen molar-refractivity contribution in [3.63, 3.8) is 0 Å².